The van der Waals surface area contributed by atoms with Crippen molar-refractivity contribution in [1.82, 2.24) is 5.32 Å². The third-order valence-corrected chi connectivity index (χ3v) is 2.43. The van der Waals surface area contributed by atoms with Crippen LogP contribution < -0.4 is 5.32 Å². The summed E-state index contributed by atoms with van der Waals surface area (Å²) in [4.78, 5) is 0. The highest BCUT2D eigenvalue weighted by Gasteiger charge is 2.09. The minimum absolute atomic E-state index is 0.0677. The molecule has 0 unspecified atom stereocenters. The van der Waals surface area contributed by atoms with E-state index < -0.39 is 0 Å². The Balaban J connectivity index is 2.88. The number of halogens is 2. The minimum atomic E-state index is -0.164. The second-order valence-electron chi connectivity index (χ2n) is 2.95. The summed E-state index contributed by atoms with van der Waals surface area (Å²) in [5.41, 5.74) is 0.713. The molecule has 1 atom stereocenters. The van der Waals surface area contributed by atoms with E-state index in [9.17, 15) is 4.39 Å². The molecule has 0 bridgehead atoms. The summed E-state index contributed by atoms with van der Waals surface area (Å²) in [6.07, 6.45) is 0. The van der Waals surface area contributed by atoms with Gasteiger partial charge >= 0.3 is 0 Å². The number of rotatable bonds is 3. The maximum Gasteiger partial charge on any atom is 0.129 e. The van der Waals surface area contributed by atoms with Crippen molar-refractivity contribution in [2.24, 2.45) is 0 Å². The van der Waals surface area contributed by atoms with Crippen LogP contribution in [0, 0.1) is 5.82 Å². The van der Waals surface area contributed by atoms with Gasteiger partial charge in [-0.3, -0.25) is 0 Å². The third-order valence-electron chi connectivity index (χ3n) is 1.94. The molecule has 0 aromatic heterocycles. The predicted molar refractivity (Wildman–Crippen MR) is 56.2 cm³/mol. The van der Waals surface area contributed by atoms with E-state index in [1.165, 1.54) is 6.07 Å². The van der Waals surface area contributed by atoms with Gasteiger partial charge in [0.05, 0.1) is 0 Å². The zero-order chi connectivity index (χ0) is 9.84. The molecule has 1 nitrogen and oxygen atoms in total. The van der Waals surface area contributed by atoms with Gasteiger partial charge in [-0.05, 0) is 25.6 Å². The van der Waals surface area contributed by atoms with Crippen molar-refractivity contribution in [3.05, 3.63) is 34.1 Å². The largest absolute Gasteiger partial charge is 0.310 e. The van der Waals surface area contributed by atoms with Crippen LogP contribution in [0.2, 0.25) is 0 Å². The van der Waals surface area contributed by atoms with Gasteiger partial charge in [-0.15, -0.1) is 0 Å². The fourth-order valence-electron chi connectivity index (χ4n) is 1.27. The fraction of sp³-hybridized carbons (Fsp3) is 0.400. The van der Waals surface area contributed by atoms with E-state index in [2.05, 4.69) is 21.2 Å². The average Bonchev–Trinajstić information content (AvgIpc) is 2.04. The zero-order valence-corrected chi connectivity index (χ0v) is 9.36. The lowest BCUT2D eigenvalue weighted by molar-refractivity contribution is 0.540. The monoisotopic (exact) mass is 245 g/mol. The van der Waals surface area contributed by atoms with Gasteiger partial charge in [0.15, 0.2) is 0 Å². The molecular formula is C10H13BrFN. The van der Waals surface area contributed by atoms with Gasteiger partial charge in [0.25, 0.3) is 0 Å². The number of hydrogen-bond acceptors (Lipinski definition) is 1. The van der Waals surface area contributed by atoms with Gasteiger partial charge in [-0.1, -0.05) is 28.9 Å². The molecule has 0 heterocycles. The number of nitrogens with one attached hydrogen (secondary N) is 1. The highest BCUT2D eigenvalue weighted by Crippen LogP contribution is 2.20. The summed E-state index contributed by atoms with van der Waals surface area (Å²) in [6, 6.07) is 5.21. The first kappa shape index (κ1) is 10.7. The molecule has 0 spiro atoms. The molecule has 3 heteroatoms. The van der Waals surface area contributed by atoms with Crippen molar-refractivity contribution in [2.45, 2.75) is 19.9 Å². The van der Waals surface area contributed by atoms with Crippen molar-refractivity contribution in [3.8, 4) is 0 Å². The van der Waals surface area contributed by atoms with E-state index in [-0.39, 0.29) is 11.9 Å². The first-order valence-corrected chi connectivity index (χ1v) is 5.12. The van der Waals surface area contributed by atoms with Crippen LogP contribution in [0.25, 0.3) is 0 Å². The first-order valence-electron chi connectivity index (χ1n) is 4.33. The van der Waals surface area contributed by atoms with Crippen LogP contribution in [0.4, 0.5) is 4.39 Å². The lowest BCUT2D eigenvalue weighted by Crippen LogP contribution is -2.18. The van der Waals surface area contributed by atoms with E-state index in [1.807, 2.05) is 19.9 Å². The number of benzene rings is 1. The molecular weight excluding hydrogens is 233 g/mol. The Hall–Kier alpha value is -0.410. The lowest BCUT2D eigenvalue weighted by atomic mass is 10.1. The Bertz CT molecular complexity index is 288. The predicted octanol–water partition coefficient (Wildman–Crippen LogP) is 3.26. The molecule has 72 valence electrons. The van der Waals surface area contributed by atoms with E-state index in [1.54, 1.807) is 6.07 Å². The molecule has 13 heavy (non-hydrogen) atoms. The van der Waals surface area contributed by atoms with Gasteiger partial charge < -0.3 is 5.32 Å². The van der Waals surface area contributed by atoms with Crippen LogP contribution in [0.15, 0.2) is 22.7 Å². The smallest absolute Gasteiger partial charge is 0.129 e. The van der Waals surface area contributed by atoms with Crippen LogP contribution in [-0.4, -0.2) is 6.54 Å². The molecule has 0 amide bonds. The van der Waals surface area contributed by atoms with Crippen LogP contribution >= 0.6 is 15.9 Å². The Morgan fingerprint density at radius 3 is 2.77 bits per heavy atom. The van der Waals surface area contributed by atoms with Gasteiger partial charge in [0, 0.05) is 16.1 Å². The third kappa shape index (κ3) is 2.78. The van der Waals surface area contributed by atoms with E-state index in [0.717, 1.165) is 11.0 Å². The van der Waals surface area contributed by atoms with Gasteiger partial charge in [0.2, 0.25) is 0 Å². The summed E-state index contributed by atoms with van der Waals surface area (Å²) in [5.74, 6) is -0.164. The summed E-state index contributed by atoms with van der Waals surface area (Å²) < 4.78 is 14.1. The quantitative estimate of drug-likeness (QED) is 0.863. The molecule has 1 rings (SSSR count). The molecule has 1 N–H and O–H groups in total. The van der Waals surface area contributed by atoms with Gasteiger partial charge in [-0.2, -0.15) is 0 Å². The van der Waals surface area contributed by atoms with E-state index in [4.69, 9.17) is 0 Å². The highest BCUT2D eigenvalue weighted by atomic mass is 79.9. The van der Waals surface area contributed by atoms with Crippen LogP contribution in [0.3, 0.4) is 0 Å². The molecule has 0 aliphatic carbocycles. The summed E-state index contributed by atoms with van der Waals surface area (Å²) in [7, 11) is 0. The molecule has 0 saturated carbocycles. The second-order valence-corrected chi connectivity index (χ2v) is 3.86. The van der Waals surface area contributed by atoms with Crippen LogP contribution in [0.5, 0.6) is 0 Å². The molecule has 1 aromatic carbocycles. The SMILES string of the molecule is CCN[C@@H](C)c1ccc(Br)cc1F. The molecule has 0 aliphatic heterocycles. The topological polar surface area (TPSA) is 12.0 Å². The molecule has 0 radical (unpaired) electrons. The summed E-state index contributed by atoms with van der Waals surface area (Å²) >= 11 is 3.22. The van der Waals surface area contributed by atoms with Crippen molar-refractivity contribution in [1.29, 1.82) is 0 Å². The molecule has 0 saturated heterocycles. The Morgan fingerprint density at radius 1 is 1.54 bits per heavy atom. The van der Waals surface area contributed by atoms with Gasteiger partial charge in [0.1, 0.15) is 5.82 Å². The van der Waals surface area contributed by atoms with E-state index >= 15 is 0 Å². The zero-order valence-electron chi connectivity index (χ0n) is 7.77. The van der Waals surface area contributed by atoms with E-state index in [0.29, 0.717) is 5.56 Å². The fourth-order valence-corrected chi connectivity index (χ4v) is 1.60. The Morgan fingerprint density at radius 2 is 2.23 bits per heavy atom. The van der Waals surface area contributed by atoms with Crippen molar-refractivity contribution < 1.29 is 4.39 Å². The van der Waals surface area contributed by atoms with Crippen LogP contribution in [0.1, 0.15) is 25.5 Å². The second kappa shape index (κ2) is 4.72. The Labute approximate surface area is 86.5 Å². The lowest BCUT2D eigenvalue weighted by Gasteiger charge is -2.13. The van der Waals surface area contributed by atoms with Crippen molar-refractivity contribution >= 4 is 15.9 Å². The molecule has 0 aliphatic rings. The standard InChI is InChI=1S/C10H13BrFN/c1-3-13-7(2)9-5-4-8(11)6-10(9)12/h4-7,13H,3H2,1-2H3/t7-/m0/s1. The highest BCUT2D eigenvalue weighted by molar-refractivity contribution is 9.10. The molecule has 0 fully saturated rings. The normalized spacial score (nSPS) is 12.9. The summed E-state index contributed by atoms with van der Waals surface area (Å²) in [5, 5.41) is 3.17. The first-order chi connectivity index (χ1) is 6.15. The van der Waals surface area contributed by atoms with Gasteiger partial charge in [-0.25, -0.2) is 4.39 Å². The summed E-state index contributed by atoms with van der Waals surface area (Å²) in [6.45, 7) is 4.81. The number of hydrogen-bond donors (Lipinski definition) is 1. The maximum atomic E-state index is 13.4. The van der Waals surface area contributed by atoms with Crippen molar-refractivity contribution in [2.75, 3.05) is 6.54 Å². The van der Waals surface area contributed by atoms with Crippen molar-refractivity contribution in [3.63, 3.8) is 0 Å². The minimum Gasteiger partial charge on any atom is -0.310 e. The Kier molecular flexibility index (Phi) is 3.88. The maximum absolute atomic E-state index is 13.4. The molecule has 1 aromatic rings. The average molecular weight is 246 g/mol. The van der Waals surface area contributed by atoms with Crippen LogP contribution in [-0.2, 0) is 0 Å².